The second kappa shape index (κ2) is 5.05. The molecule has 2 aromatic rings. The van der Waals surface area contributed by atoms with E-state index < -0.39 is 0 Å². The van der Waals surface area contributed by atoms with Crippen molar-refractivity contribution in [3.63, 3.8) is 0 Å². The van der Waals surface area contributed by atoms with Crippen LogP contribution in [0, 0.1) is 18.3 Å². The highest BCUT2D eigenvalue weighted by Gasteiger charge is 2.47. The fraction of sp³-hybridized carbons (Fsp3) is 0.562. The fourth-order valence-corrected chi connectivity index (χ4v) is 3.79. The molecule has 2 N–H and O–H groups in total. The number of nitrogens with zero attached hydrogens (tertiary/aromatic N) is 4. The Hall–Kier alpha value is -1.95. The maximum atomic E-state index is 4.34. The van der Waals surface area contributed by atoms with Crippen LogP contribution in [0.5, 0.6) is 0 Å². The van der Waals surface area contributed by atoms with Crippen molar-refractivity contribution in [1.29, 1.82) is 0 Å². The van der Waals surface area contributed by atoms with Gasteiger partial charge in [0, 0.05) is 26.7 Å². The van der Waals surface area contributed by atoms with Gasteiger partial charge in [-0.05, 0) is 48.8 Å². The molecule has 1 aliphatic carbocycles. The van der Waals surface area contributed by atoms with E-state index in [-0.39, 0.29) is 0 Å². The molecule has 6 heteroatoms. The molecule has 0 atom stereocenters. The van der Waals surface area contributed by atoms with Gasteiger partial charge in [-0.3, -0.25) is 4.68 Å². The quantitative estimate of drug-likeness (QED) is 0.897. The maximum Gasteiger partial charge on any atom is 0.148 e. The van der Waals surface area contributed by atoms with Crippen LogP contribution in [0.25, 0.3) is 11.4 Å². The Kier molecular flexibility index (Phi) is 3.14. The second-order valence-electron chi connectivity index (χ2n) is 6.86. The van der Waals surface area contributed by atoms with Crippen LogP contribution in [-0.4, -0.2) is 39.6 Å². The highest BCUT2D eigenvalue weighted by Crippen LogP contribution is 2.48. The molecular weight excluding hydrogens is 276 g/mol. The summed E-state index contributed by atoms with van der Waals surface area (Å²) in [5, 5.41) is 19.7. The highest BCUT2D eigenvalue weighted by atomic mass is 15.3. The molecule has 6 nitrogen and oxygen atoms in total. The van der Waals surface area contributed by atoms with Gasteiger partial charge in [0.2, 0.25) is 0 Å². The van der Waals surface area contributed by atoms with Gasteiger partial charge in [-0.15, -0.1) is 10.2 Å². The first kappa shape index (κ1) is 13.7. The first-order valence-electron chi connectivity index (χ1n) is 7.93. The van der Waals surface area contributed by atoms with Gasteiger partial charge in [-0.2, -0.15) is 5.10 Å². The molecule has 3 heterocycles. The monoisotopic (exact) mass is 298 g/mol. The lowest BCUT2D eigenvalue weighted by atomic mass is 9.58. The van der Waals surface area contributed by atoms with Gasteiger partial charge in [0.05, 0.1) is 11.9 Å². The van der Waals surface area contributed by atoms with Gasteiger partial charge >= 0.3 is 0 Å². The van der Waals surface area contributed by atoms with Crippen LogP contribution in [0.15, 0.2) is 18.3 Å². The normalized spacial score (nSPS) is 19.7. The summed E-state index contributed by atoms with van der Waals surface area (Å²) < 4.78 is 1.84. The third-order valence-corrected chi connectivity index (χ3v) is 5.04. The maximum absolute atomic E-state index is 4.34. The third-order valence-electron chi connectivity index (χ3n) is 5.04. The molecular formula is C16H22N6. The van der Waals surface area contributed by atoms with Crippen LogP contribution in [0.4, 0.5) is 5.82 Å². The molecule has 4 rings (SSSR count). The van der Waals surface area contributed by atoms with Crippen molar-refractivity contribution in [2.75, 3.05) is 25.0 Å². The minimum atomic E-state index is 0.638. The van der Waals surface area contributed by atoms with E-state index in [1.165, 1.54) is 25.9 Å². The summed E-state index contributed by atoms with van der Waals surface area (Å²) in [4.78, 5) is 0. The Balaban J connectivity index is 1.36. The molecule has 1 aliphatic heterocycles. The standard InChI is InChI=1S/C16H22N6/c1-11-7-19-22(2)15(11)13-3-4-14(21-20-13)18-8-12-5-16(6-12)9-17-10-16/h3-4,7,12,17H,5-6,8-10H2,1-2H3,(H,18,21). The molecule has 2 aromatic heterocycles. The number of nitrogens with one attached hydrogen (secondary N) is 2. The summed E-state index contributed by atoms with van der Waals surface area (Å²) in [5.74, 6) is 1.64. The topological polar surface area (TPSA) is 67.7 Å². The van der Waals surface area contributed by atoms with Gasteiger partial charge in [-0.25, -0.2) is 0 Å². The second-order valence-corrected chi connectivity index (χ2v) is 6.86. The van der Waals surface area contributed by atoms with Gasteiger partial charge in [0.15, 0.2) is 0 Å². The van der Waals surface area contributed by atoms with Crippen LogP contribution >= 0.6 is 0 Å². The zero-order chi connectivity index (χ0) is 15.2. The van der Waals surface area contributed by atoms with Crippen molar-refractivity contribution in [1.82, 2.24) is 25.3 Å². The van der Waals surface area contributed by atoms with Gasteiger partial charge < -0.3 is 10.6 Å². The number of aryl methyl sites for hydroxylation is 2. The van der Waals surface area contributed by atoms with E-state index >= 15 is 0 Å². The number of hydrogen-bond donors (Lipinski definition) is 2. The lowest BCUT2D eigenvalue weighted by Crippen LogP contribution is -2.61. The number of rotatable bonds is 4. The zero-order valence-electron chi connectivity index (χ0n) is 13.1. The molecule has 1 saturated heterocycles. The number of anilines is 1. The Bertz CT molecular complexity index is 643. The van der Waals surface area contributed by atoms with E-state index in [0.29, 0.717) is 5.41 Å². The smallest absolute Gasteiger partial charge is 0.148 e. The van der Waals surface area contributed by atoms with Crippen LogP contribution in [0.3, 0.4) is 0 Å². The first-order chi connectivity index (χ1) is 10.7. The average Bonchev–Trinajstić information content (AvgIpc) is 2.76. The Labute approximate surface area is 130 Å². The van der Waals surface area contributed by atoms with Crippen molar-refractivity contribution >= 4 is 5.82 Å². The number of hydrogen-bond acceptors (Lipinski definition) is 5. The van der Waals surface area contributed by atoms with Crippen LogP contribution in [0.2, 0.25) is 0 Å². The largest absolute Gasteiger partial charge is 0.368 e. The highest BCUT2D eigenvalue weighted by molar-refractivity contribution is 5.59. The molecule has 1 spiro atoms. The molecule has 1 saturated carbocycles. The van der Waals surface area contributed by atoms with E-state index in [4.69, 9.17) is 0 Å². The van der Waals surface area contributed by atoms with Gasteiger partial charge in [0.1, 0.15) is 11.5 Å². The molecule has 0 aromatic carbocycles. The van der Waals surface area contributed by atoms with Crippen molar-refractivity contribution in [2.45, 2.75) is 19.8 Å². The average molecular weight is 298 g/mol. The van der Waals surface area contributed by atoms with E-state index in [1.807, 2.05) is 37.0 Å². The summed E-state index contributed by atoms with van der Waals surface area (Å²) in [5.41, 5.74) is 3.65. The molecule has 0 amide bonds. The SMILES string of the molecule is Cc1cnn(C)c1-c1ccc(NCC2CC3(CNC3)C2)nn1. The summed E-state index contributed by atoms with van der Waals surface area (Å²) in [6.45, 7) is 5.46. The summed E-state index contributed by atoms with van der Waals surface area (Å²) in [6.07, 6.45) is 4.53. The van der Waals surface area contributed by atoms with Crippen LogP contribution in [0.1, 0.15) is 18.4 Å². The van der Waals surface area contributed by atoms with Crippen molar-refractivity contribution in [3.8, 4) is 11.4 Å². The van der Waals surface area contributed by atoms with Crippen LogP contribution in [-0.2, 0) is 7.05 Å². The molecule has 2 fully saturated rings. The lowest BCUT2D eigenvalue weighted by molar-refractivity contribution is 0.00676. The summed E-state index contributed by atoms with van der Waals surface area (Å²) in [7, 11) is 1.93. The minimum Gasteiger partial charge on any atom is -0.368 e. The predicted octanol–water partition coefficient (Wildman–Crippen LogP) is 1.60. The van der Waals surface area contributed by atoms with Gasteiger partial charge in [-0.1, -0.05) is 0 Å². The summed E-state index contributed by atoms with van der Waals surface area (Å²) in [6, 6.07) is 4.02. The van der Waals surface area contributed by atoms with E-state index in [2.05, 4.69) is 25.9 Å². The third kappa shape index (κ3) is 2.27. The fourth-order valence-electron chi connectivity index (χ4n) is 3.79. The molecule has 2 aliphatic rings. The van der Waals surface area contributed by atoms with E-state index in [9.17, 15) is 0 Å². The molecule has 0 bridgehead atoms. The Morgan fingerprint density at radius 3 is 2.68 bits per heavy atom. The predicted molar refractivity (Wildman–Crippen MR) is 85.5 cm³/mol. The Morgan fingerprint density at radius 1 is 1.32 bits per heavy atom. The number of aromatic nitrogens is 4. The van der Waals surface area contributed by atoms with Crippen molar-refractivity contribution in [2.24, 2.45) is 18.4 Å². The molecule has 22 heavy (non-hydrogen) atoms. The molecule has 0 radical (unpaired) electrons. The van der Waals surface area contributed by atoms with E-state index in [0.717, 1.165) is 35.2 Å². The van der Waals surface area contributed by atoms with E-state index in [1.54, 1.807) is 0 Å². The van der Waals surface area contributed by atoms with Crippen molar-refractivity contribution < 1.29 is 0 Å². The van der Waals surface area contributed by atoms with Crippen LogP contribution < -0.4 is 10.6 Å². The summed E-state index contributed by atoms with van der Waals surface area (Å²) >= 11 is 0. The lowest BCUT2D eigenvalue weighted by Gasteiger charge is -2.54. The van der Waals surface area contributed by atoms with Crippen molar-refractivity contribution in [3.05, 3.63) is 23.9 Å². The first-order valence-corrected chi connectivity index (χ1v) is 7.93. The minimum absolute atomic E-state index is 0.638. The molecule has 116 valence electrons. The zero-order valence-corrected chi connectivity index (χ0v) is 13.1. The Morgan fingerprint density at radius 2 is 2.14 bits per heavy atom. The molecule has 0 unspecified atom stereocenters. The van der Waals surface area contributed by atoms with Gasteiger partial charge in [0.25, 0.3) is 0 Å².